The Morgan fingerprint density at radius 2 is 1.96 bits per heavy atom. The lowest BCUT2D eigenvalue weighted by Crippen LogP contribution is -2.40. The van der Waals surface area contributed by atoms with E-state index in [0.29, 0.717) is 34.4 Å². The summed E-state index contributed by atoms with van der Waals surface area (Å²) in [5.74, 6) is 1.19. The van der Waals surface area contributed by atoms with Crippen molar-refractivity contribution < 1.29 is 4.79 Å². The summed E-state index contributed by atoms with van der Waals surface area (Å²) >= 11 is 1.36. The lowest BCUT2D eigenvalue weighted by atomic mass is 9.87. The Kier molecular flexibility index (Phi) is 6.01. The van der Waals surface area contributed by atoms with E-state index in [1.165, 1.54) is 24.6 Å². The Labute approximate surface area is 158 Å². The summed E-state index contributed by atoms with van der Waals surface area (Å²) in [7, 11) is 1.91. The van der Waals surface area contributed by atoms with Crippen molar-refractivity contribution in [1.29, 1.82) is 0 Å². The van der Waals surface area contributed by atoms with Gasteiger partial charge in [0.25, 0.3) is 5.56 Å². The van der Waals surface area contributed by atoms with Crippen LogP contribution in [0.2, 0.25) is 0 Å². The van der Waals surface area contributed by atoms with Gasteiger partial charge in [0.05, 0.1) is 16.7 Å². The first-order chi connectivity index (χ1) is 12.5. The summed E-state index contributed by atoms with van der Waals surface area (Å²) in [4.78, 5) is 31.8. The quantitative estimate of drug-likeness (QED) is 0.594. The van der Waals surface area contributed by atoms with E-state index >= 15 is 0 Å². The first-order valence-electron chi connectivity index (χ1n) is 9.39. The molecule has 0 aliphatic heterocycles. The normalized spacial score (nSPS) is 20.3. The molecule has 1 amide bonds. The molecule has 0 radical (unpaired) electrons. The van der Waals surface area contributed by atoms with Crippen molar-refractivity contribution in [2.24, 2.45) is 5.92 Å². The molecule has 0 unspecified atom stereocenters. The lowest BCUT2D eigenvalue weighted by Gasteiger charge is -2.33. The first kappa shape index (κ1) is 19.0. The molecule has 140 valence electrons. The fourth-order valence-electron chi connectivity index (χ4n) is 3.60. The Bertz CT molecular complexity index is 841. The Morgan fingerprint density at radius 1 is 1.27 bits per heavy atom. The van der Waals surface area contributed by atoms with Crippen molar-refractivity contribution in [3.63, 3.8) is 0 Å². The van der Waals surface area contributed by atoms with Gasteiger partial charge in [0, 0.05) is 19.6 Å². The molecule has 1 heterocycles. The number of hydrogen-bond donors (Lipinski definition) is 0. The minimum absolute atomic E-state index is 0.0392. The largest absolute Gasteiger partial charge is 0.342 e. The molecule has 1 aromatic heterocycles. The molecule has 2 aromatic rings. The van der Waals surface area contributed by atoms with Crippen molar-refractivity contribution in [1.82, 2.24) is 14.5 Å². The fraction of sp³-hybridized carbons (Fsp3) is 0.550. The lowest BCUT2D eigenvalue weighted by molar-refractivity contribution is -0.129. The summed E-state index contributed by atoms with van der Waals surface area (Å²) in [6.45, 7) is 4.76. The number of thioether (sulfide) groups is 1. The van der Waals surface area contributed by atoms with Crippen LogP contribution in [0.4, 0.5) is 0 Å². The maximum Gasteiger partial charge on any atom is 0.262 e. The van der Waals surface area contributed by atoms with Gasteiger partial charge in [-0.05, 0) is 50.7 Å². The standard InChI is InChI=1S/C20H27N3O2S/c1-4-23-19(25)16-7-5-6-8-17(16)21-20(23)26-13-18(24)22(3)15-11-9-14(2)10-12-15/h5-8,14-15H,4,9-13H2,1-3H3. The van der Waals surface area contributed by atoms with E-state index in [2.05, 4.69) is 11.9 Å². The second kappa shape index (κ2) is 8.25. The summed E-state index contributed by atoms with van der Waals surface area (Å²) < 4.78 is 1.66. The number of carbonyl (C=O) groups excluding carboxylic acids is 1. The number of para-hydroxylation sites is 1. The Morgan fingerprint density at radius 3 is 2.65 bits per heavy atom. The van der Waals surface area contributed by atoms with Crippen LogP contribution in [-0.4, -0.2) is 39.2 Å². The molecule has 0 spiro atoms. The SMILES string of the molecule is CCn1c(SCC(=O)N(C)C2CCC(C)CC2)nc2ccccc2c1=O. The molecule has 0 bridgehead atoms. The van der Waals surface area contributed by atoms with Crippen LogP contribution in [0.1, 0.15) is 39.5 Å². The molecule has 5 nitrogen and oxygen atoms in total. The zero-order chi connectivity index (χ0) is 18.7. The highest BCUT2D eigenvalue weighted by molar-refractivity contribution is 7.99. The molecule has 1 aliphatic rings. The van der Waals surface area contributed by atoms with Crippen molar-refractivity contribution in [3.05, 3.63) is 34.6 Å². The van der Waals surface area contributed by atoms with Gasteiger partial charge in [-0.15, -0.1) is 0 Å². The van der Waals surface area contributed by atoms with Gasteiger partial charge in [0.2, 0.25) is 5.91 Å². The molecule has 26 heavy (non-hydrogen) atoms. The highest BCUT2D eigenvalue weighted by atomic mass is 32.2. The maximum atomic E-state index is 12.7. The van der Waals surface area contributed by atoms with E-state index in [0.717, 1.165) is 18.8 Å². The molecular weight excluding hydrogens is 346 g/mol. The number of aromatic nitrogens is 2. The van der Waals surface area contributed by atoms with Gasteiger partial charge in [0.15, 0.2) is 5.16 Å². The summed E-state index contributed by atoms with van der Waals surface area (Å²) in [5, 5.41) is 1.24. The predicted octanol–water partition coefficient (Wildman–Crippen LogP) is 3.55. The third-order valence-electron chi connectivity index (χ3n) is 5.39. The highest BCUT2D eigenvalue weighted by Gasteiger charge is 2.25. The number of fused-ring (bicyclic) bond motifs is 1. The summed E-state index contributed by atoms with van der Waals surface area (Å²) in [5.41, 5.74) is 0.648. The topological polar surface area (TPSA) is 55.2 Å². The van der Waals surface area contributed by atoms with Crippen LogP contribution in [0.25, 0.3) is 10.9 Å². The minimum Gasteiger partial charge on any atom is -0.342 e. The van der Waals surface area contributed by atoms with Crippen LogP contribution in [0.15, 0.2) is 34.2 Å². The Balaban J connectivity index is 1.72. The molecule has 0 atom stereocenters. The second-order valence-electron chi connectivity index (χ2n) is 7.17. The first-order valence-corrected chi connectivity index (χ1v) is 10.4. The van der Waals surface area contributed by atoms with Gasteiger partial charge < -0.3 is 4.90 Å². The summed E-state index contributed by atoms with van der Waals surface area (Å²) in [6.07, 6.45) is 4.55. The van der Waals surface area contributed by atoms with Crippen LogP contribution < -0.4 is 5.56 Å². The van der Waals surface area contributed by atoms with Crippen molar-refractivity contribution in [2.45, 2.75) is 57.3 Å². The summed E-state index contributed by atoms with van der Waals surface area (Å²) in [6, 6.07) is 7.72. The van der Waals surface area contributed by atoms with Crippen molar-refractivity contribution in [3.8, 4) is 0 Å². The van der Waals surface area contributed by atoms with Gasteiger partial charge in [-0.2, -0.15) is 0 Å². The molecule has 1 aromatic carbocycles. The van der Waals surface area contributed by atoms with Gasteiger partial charge in [-0.1, -0.05) is 30.8 Å². The van der Waals surface area contributed by atoms with Crippen LogP contribution in [0, 0.1) is 5.92 Å². The molecular formula is C20H27N3O2S. The molecule has 0 N–H and O–H groups in total. The molecule has 0 saturated heterocycles. The monoisotopic (exact) mass is 373 g/mol. The zero-order valence-corrected chi connectivity index (χ0v) is 16.6. The zero-order valence-electron chi connectivity index (χ0n) is 15.8. The van der Waals surface area contributed by atoms with E-state index in [9.17, 15) is 9.59 Å². The molecule has 3 rings (SSSR count). The van der Waals surface area contributed by atoms with Crippen LogP contribution in [0.3, 0.4) is 0 Å². The van der Waals surface area contributed by atoms with Gasteiger partial charge in [0.1, 0.15) is 0 Å². The van der Waals surface area contributed by atoms with E-state index < -0.39 is 0 Å². The van der Waals surface area contributed by atoms with Crippen LogP contribution in [0.5, 0.6) is 0 Å². The van der Waals surface area contributed by atoms with Gasteiger partial charge >= 0.3 is 0 Å². The number of hydrogen-bond acceptors (Lipinski definition) is 4. The molecule has 1 aliphatic carbocycles. The van der Waals surface area contributed by atoms with Crippen molar-refractivity contribution >= 4 is 28.6 Å². The third-order valence-corrected chi connectivity index (χ3v) is 6.36. The van der Waals surface area contributed by atoms with Crippen LogP contribution >= 0.6 is 11.8 Å². The van der Waals surface area contributed by atoms with E-state index in [1.807, 2.05) is 37.1 Å². The van der Waals surface area contributed by atoms with Crippen LogP contribution in [-0.2, 0) is 11.3 Å². The van der Waals surface area contributed by atoms with Gasteiger partial charge in [-0.3, -0.25) is 14.2 Å². The number of carbonyl (C=O) groups is 1. The highest BCUT2D eigenvalue weighted by Crippen LogP contribution is 2.27. The molecule has 1 fully saturated rings. The number of amides is 1. The van der Waals surface area contributed by atoms with E-state index in [1.54, 1.807) is 10.6 Å². The third kappa shape index (κ3) is 3.95. The second-order valence-corrected chi connectivity index (χ2v) is 8.11. The van der Waals surface area contributed by atoms with Crippen molar-refractivity contribution in [2.75, 3.05) is 12.8 Å². The average Bonchev–Trinajstić information content (AvgIpc) is 2.66. The average molecular weight is 374 g/mol. The smallest absolute Gasteiger partial charge is 0.262 e. The number of nitrogens with zero attached hydrogens (tertiary/aromatic N) is 3. The minimum atomic E-state index is -0.0392. The Hall–Kier alpha value is -1.82. The number of rotatable bonds is 5. The maximum absolute atomic E-state index is 12.7. The molecule has 6 heteroatoms. The van der Waals surface area contributed by atoms with E-state index in [-0.39, 0.29) is 11.5 Å². The number of benzene rings is 1. The predicted molar refractivity (Wildman–Crippen MR) is 107 cm³/mol. The fourth-order valence-corrected chi connectivity index (χ4v) is 4.59. The van der Waals surface area contributed by atoms with E-state index in [4.69, 9.17) is 0 Å². The van der Waals surface area contributed by atoms with Gasteiger partial charge in [-0.25, -0.2) is 4.98 Å². The molecule has 1 saturated carbocycles.